The molecule has 2 nitrogen and oxygen atoms in total. The topological polar surface area (TPSA) is 17.8 Å². The summed E-state index contributed by atoms with van der Waals surface area (Å²) in [6.07, 6.45) is 2.28. The van der Waals surface area contributed by atoms with Crippen molar-refractivity contribution in [1.29, 1.82) is 0 Å². The highest BCUT2D eigenvalue weighted by Crippen LogP contribution is 2.25. The first-order valence-electron chi connectivity index (χ1n) is 5.84. The van der Waals surface area contributed by atoms with Crippen LogP contribution in [0.4, 0.5) is 0 Å². The van der Waals surface area contributed by atoms with Gasteiger partial charge >= 0.3 is 0 Å². The van der Waals surface area contributed by atoms with Crippen molar-refractivity contribution in [3.63, 3.8) is 0 Å². The van der Waals surface area contributed by atoms with Crippen molar-refractivity contribution in [3.05, 3.63) is 15.9 Å². The zero-order valence-corrected chi connectivity index (χ0v) is 13.0. The molecule has 1 aromatic rings. The minimum absolute atomic E-state index is 0.800. The number of rotatable bonds is 6. The van der Waals surface area contributed by atoms with Crippen molar-refractivity contribution in [2.24, 2.45) is 13.0 Å². The van der Waals surface area contributed by atoms with Gasteiger partial charge in [0.05, 0.1) is 15.9 Å². The third kappa shape index (κ3) is 3.81. The molecule has 0 aliphatic rings. The lowest BCUT2D eigenvalue weighted by atomic mass is 10.2. The summed E-state index contributed by atoms with van der Waals surface area (Å²) >= 11 is 5.64. The van der Waals surface area contributed by atoms with E-state index in [0.717, 1.165) is 18.1 Å². The Morgan fingerprint density at radius 1 is 1.44 bits per heavy atom. The Morgan fingerprint density at radius 3 is 2.62 bits per heavy atom. The number of hydrogen-bond donors (Lipinski definition) is 0. The summed E-state index contributed by atoms with van der Waals surface area (Å²) in [4.78, 5) is 0. The predicted octanol–water partition coefficient (Wildman–Crippen LogP) is 4.02. The lowest BCUT2D eigenvalue weighted by Crippen LogP contribution is -1.98. The number of thioether (sulfide) groups is 1. The maximum absolute atomic E-state index is 4.50. The third-order valence-corrected chi connectivity index (χ3v) is 4.50. The van der Waals surface area contributed by atoms with E-state index in [1.807, 2.05) is 23.5 Å². The van der Waals surface area contributed by atoms with Crippen LogP contribution >= 0.6 is 27.7 Å². The van der Waals surface area contributed by atoms with E-state index in [1.165, 1.54) is 28.0 Å². The van der Waals surface area contributed by atoms with Gasteiger partial charge in [0.25, 0.3) is 0 Å². The van der Waals surface area contributed by atoms with Gasteiger partial charge in [0.15, 0.2) is 0 Å². The first-order valence-corrected chi connectivity index (χ1v) is 7.79. The molecule has 0 N–H and O–H groups in total. The summed E-state index contributed by atoms with van der Waals surface area (Å²) in [6, 6.07) is 0. The molecular formula is C12H21BrN2S. The highest BCUT2D eigenvalue weighted by molar-refractivity contribution is 9.10. The Hall–Kier alpha value is 0.0400. The third-order valence-electron chi connectivity index (χ3n) is 2.58. The van der Waals surface area contributed by atoms with E-state index in [1.54, 1.807) is 0 Å². The fourth-order valence-electron chi connectivity index (χ4n) is 1.46. The molecule has 0 saturated heterocycles. The van der Waals surface area contributed by atoms with Crippen molar-refractivity contribution >= 4 is 27.7 Å². The fourth-order valence-corrected chi connectivity index (χ4v) is 3.71. The standard InChI is InChI=1S/C12H21BrN2S/c1-5-10-12(13)11(15(4)14-10)8-16-7-6-9(2)3/h9H,5-8H2,1-4H3. The molecule has 0 spiro atoms. The van der Waals surface area contributed by atoms with E-state index in [2.05, 4.69) is 41.8 Å². The van der Waals surface area contributed by atoms with Gasteiger partial charge in [-0.2, -0.15) is 16.9 Å². The minimum atomic E-state index is 0.800. The van der Waals surface area contributed by atoms with E-state index in [0.29, 0.717) is 0 Å². The van der Waals surface area contributed by atoms with Crippen LogP contribution in [-0.2, 0) is 19.2 Å². The predicted molar refractivity (Wildman–Crippen MR) is 75.9 cm³/mol. The van der Waals surface area contributed by atoms with E-state index in [4.69, 9.17) is 0 Å². The van der Waals surface area contributed by atoms with Crippen LogP contribution in [0.25, 0.3) is 0 Å². The van der Waals surface area contributed by atoms with Gasteiger partial charge in [0.1, 0.15) is 0 Å². The Labute approximate surface area is 111 Å². The highest BCUT2D eigenvalue weighted by Gasteiger charge is 2.11. The number of aryl methyl sites for hydroxylation is 2. The van der Waals surface area contributed by atoms with E-state index >= 15 is 0 Å². The molecule has 92 valence electrons. The summed E-state index contributed by atoms with van der Waals surface area (Å²) in [5.74, 6) is 3.08. The molecule has 0 fully saturated rings. The Balaban J connectivity index is 2.50. The average Bonchev–Trinajstić information content (AvgIpc) is 2.50. The van der Waals surface area contributed by atoms with Crippen LogP contribution in [0.2, 0.25) is 0 Å². The number of aromatic nitrogens is 2. The van der Waals surface area contributed by atoms with E-state index in [-0.39, 0.29) is 0 Å². The molecule has 0 aliphatic carbocycles. The lowest BCUT2D eigenvalue weighted by Gasteiger charge is -2.05. The second kappa shape index (κ2) is 6.70. The van der Waals surface area contributed by atoms with Gasteiger partial charge in [0.2, 0.25) is 0 Å². The summed E-state index contributed by atoms with van der Waals surface area (Å²) < 4.78 is 3.21. The number of nitrogens with zero attached hydrogens (tertiary/aromatic N) is 2. The molecule has 0 radical (unpaired) electrons. The largest absolute Gasteiger partial charge is 0.270 e. The minimum Gasteiger partial charge on any atom is -0.270 e. The first kappa shape index (κ1) is 14.1. The van der Waals surface area contributed by atoms with Crippen LogP contribution < -0.4 is 0 Å². The molecule has 0 atom stereocenters. The summed E-state index contributed by atoms with van der Waals surface area (Å²) in [5.41, 5.74) is 2.48. The zero-order valence-electron chi connectivity index (χ0n) is 10.6. The van der Waals surface area contributed by atoms with Gasteiger partial charge in [0, 0.05) is 12.8 Å². The number of hydrogen-bond acceptors (Lipinski definition) is 2. The van der Waals surface area contributed by atoms with Crippen LogP contribution in [0.3, 0.4) is 0 Å². The van der Waals surface area contributed by atoms with E-state index in [9.17, 15) is 0 Å². The van der Waals surface area contributed by atoms with Crippen LogP contribution in [-0.4, -0.2) is 15.5 Å². The Morgan fingerprint density at radius 2 is 2.12 bits per heavy atom. The molecule has 0 aromatic carbocycles. The maximum Gasteiger partial charge on any atom is 0.0767 e. The fraction of sp³-hybridized carbons (Fsp3) is 0.750. The second-order valence-electron chi connectivity index (χ2n) is 4.42. The Bertz CT molecular complexity index is 334. The number of halogens is 1. The van der Waals surface area contributed by atoms with Gasteiger partial charge in [-0.1, -0.05) is 20.8 Å². The van der Waals surface area contributed by atoms with Crippen LogP contribution in [0.5, 0.6) is 0 Å². The van der Waals surface area contributed by atoms with Crippen LogP contribution in [0.1, 0.15) is 38.6 Å². The molecule has 1 aromatic heterocycles. The van der Waals surface area contributed by atoms with Crippen molar-refractivity contribution in [1.82, 2.24) is 9.78 Å². The van der Waals surface area contributed by atoms with Crippen molar-refractivity contribution < 1.29 is 0 Å². The average molecular weight is 305 g/mol. The molecular weight excluding hydrogens is 284 g/mol. The molecule has 16 heavy (non-hydrogen) atoms. The van der Waals surface area contributed by atoms with Crippen molar-refractivity contribution in [2.75, 3.05) is 5.75 Å². The van der Waals surface area contributed by atoms with Crippen molar-refractivity contribution in [2.45, 2.75) is 39.4 Å². The smallest absolute Gasteiger partial charge is 0.0767 e. The molecule has 0 saturated carbocycles. The molecule has 0 bridgehead atoms. The zero-order chi connectivity index (χ0) is 12.1. The normalized spacial score (nSPS) is 11.4. The Kier molecular flexibility index (Phi) is 5.90. The highest BCUT2D eigenvalue weighted by atomic mass is 79.9. The van der Waals surface area contributed by atoms with Crippen molar-refractivity contribution in [3.8, 4) is 0 Å². The molecule has 4 heteroatoms. The lowest BCUT2D eigenvalue weighted by molar-refractivity contribution is 0.631. The summed E-state index contributed by atoms with van der Waals surface area (Å²) in [6.45, 7) is 6.69. The van der Waals surface area contributed by atoms with Gasteiger partial charge in [-0.3, -0.25) is 4.68 Å². The van der Waals surface area contributed by atoms with Gasteiger partial charge in [-0.15, -0.1) is 0 Å². The quantitative estimate of drug-likeness (QED) is 0.739. The monoisotopic (exact) mass is 304 g/mol. The van der Waals surface area contributed by atoms with Crippen LogP contribution in [0.15, 0.2) is 4.47 Å². The molecule has 1 rings (SSSR count). The summed E-state index contributed by atoms with van der Waals surface area (Å²) in [5, 5.41) is 4.50. The SMILES string of the molecule is CCc1nn(C)c(CSCCC(C)C)c1Br. The molecule has 0 amide bonds. The molecule has 1 heterocycles. The second-order valence-corrected chi connectivity index (χ2v) is 6.32. The first-order chi connectivity index (χ1) is 7.56. The van der Waals surface area contributed by atoms with E-state index < -0.39 is 0 Å². The van der Waals surface area contributed by atoms with Gasteiger partial charge in [-0.05, 0) is 40.4 Å². The maximum atomic E-state index is 4.50. The van der Waals surface area contributed by atoms with Gasteiger partial charge in [-0.25, -0.2) is 0 Å². The van der Waals surface area contributed by atoms with Gasteiger partial charge < -0.3 is 0 Å². The molecule has 0 unspecified atom stereocenters. The summed E-state index contributed by atoms with van der Waals surface area (Å²) in [7, 11) is 2.03. The van der Waals surface area contributed by atoms with Crippen LogP contribution in [0, 0.1) is 5.92 Å². The molecule has 0 aliphatic heterocycles.